The van der Waals surface area contributed by atoms with Crippen LogP contribution in [0.25, 0.3) is 10.9 Å². The maximum Gasteiger partial charge on any atom is 0.243 e. The molecule has 0 amide bonds. The Morgan fingerprint density at radius 2 is 1.81 bits per heavy atom. The Morgan fingerprint density at radius 3 is 2.56 bits per heavy atom. The van der Waals surface area contributed by atoms with Gasteiger partial charge in [0.15, 0.2) is 0 Å². The first-order valence-electron chi connectivity index (χ1n) is 9.05. The van der Waals surface area contributed by atoms with Crippen molar-refractivity contribution in [3.05, 3.63) is 58.8 Å². The lowest BCUT2D eigenvalue weighted by Gasteiger charge is -2.28. The first-order chi connectivity index (χ1) is 12.8. The number of sulfonamides is 1. The summed E-state index contributed by atoms with van der Waals surface area (Å²) < 4.78 is 35.8. The quantitative estimate of drug-likeness (QED) is 0.694. The smallest absolute Gasteiger partial charge is 0.243 e. The van der Waals surface area contributed by atoms with Crippen molar-refractivity contribution in [2.45, 2.75) is 31.7 Å². The first kappa shape index (κ1) is 18.1. The lowest BCUT2D eigenvalue weighted by atomic mass is 10.1. The van der Waals surface area contributed by atoms with Gasteiger partial charge in [0, 0.05) is 30.2 Å². The molecule has 0 saturated heterocycles. The van der Waals surface area contributed by atoms with E-state index in [4.69, 9.17) is 4.74 Å². The van der Waals surface area contributed by atoms with Gasteiger partial charge >= 0.3 is 0 Å². The van der Waals surface area contributed by atoms with Crippen molar-refractivity contribution in [3.8, 4) is 5.75 Å². The molecule has 0 unspecified atom stereocenters. The van der Waals surface area contributed by atoms with Gasteiger partial charge in [-0.25, -0.2) is 8.42 Å². The number of rotatable bonds is 3. The molecule has 0 N–H and O–H groups in total. The molecule has 2 aromatic carbocycles. The van der Waals surface area contributed by atoms with Gasteiger partial charge in [-0.05, 0) is 55.2 Å². The molecule has 6 heteroatoms. The standard InChI is InChI=1S/C21H24N2O3S/c1-14-12-21(15(2)11-20(14)26-4)27(24,25)23-10-9-17-16-7-5-6-8-18(16)22(3)19(17)13-23/h5-8,11-12H,9-10,13H2,1-4H3. The summed E-state index contributed by atoms with van der Waals surface area (Å²) >= 11 is 0. The molecule has 3 aromatic rings. The molecule has 2 heterocycles. The molecule has 27 heavy (non-hydrogen) atoms. The molecule has 5 nitrogen and oxygen atoms in total. The van der Waals surface area contributed by atoms with Crippen molar-refractivity contribution in [3.63, 3.8) is 0 Å². The van der Waals surface area contributed by atoms with Gasteiger partial charge in [-0.2, -0.15) is 4.31 Å². The van der Waals surface area contributed by atoms with E-state index in [1.165, 1.54) is 10.9 Å². The number of para-hydroxylation sites is 1. The van der Waals surface area contributed by atoms with Crippen molar-refractivity contribution < 1.29 is 13.2 Å². The van der Waals surface area contributed by atoms with E-state index in [9.17, 15) is 8.42 Å². The minimum atomic E-state index is -3.57. The fraction of sp³-hybridized carbons (Fsp3) is 0.333. The summed E-state index contributed by atoms with van der Waals surface area (Å²) in [5.41, 5.74) is 5.03. The van der Waals surface area contributed by atoms with Gasteiger partial charge in [-0.15, -0.1) is 0 Å². The van der Waals surface area contributed by atoms with E-state index in [1.54, 1.807) is 23.5 Å². The average Bonchev–Trinajstić information content (AvgIpc) is 2.95. The van der Waals surface area contributed by atoms with Crippen LogP contribution >= 0.6 is 0 Å². The molecular formula is C21H24N2O3S. The highest BCUT2D eigenvalue weighted by Gasteiger charge is 2.32. The highest BCUT2D eigenvalue weighted by molar-refractivity contribution is 7.89. The van der Waals surface area contributed by atoms with Gasteiger partial charge in [-0.3, -0.25) is 0 Å². The van der Waals surface area contributed by atoms with E-state index in [2.05, 4.69) is 16.7 Å². The fourth-order valence-electron chi connectivity index (χ4n) is 4.09. The monoisotopic (exact) mass is 384 g/mol. The van der Waals surface area contributed by atoms with Gasteiger partial charge in [0.05, 0.1) is 18.6 Å². The Bertz CT molecular complexity index is 1150. The van der Waals surface area contributed by atoms with Crippen LogP contribution in [0.1, 0.15) is 22.4 Å². The molecule has 0 aliphatic carbocycles. The lowest BCUT2D eigenvalue weighted by Crippen LogP contribution is -2.36. The van der Waals surface area contributed by atoms with Crippen molar-refractivity contribution in [1.29, 1.82) is 0 Å². The molecule has 0 saturated carbocycles. The van der Waals surface area contributed by atoms with Crippen LogP contribution in [0.4, 0.5) is 0 Å². The van der Waals surface area contributed by atoms with Crippen LogP contribution in [0.15, 0.2) is 41.3 Å². The molecule has 0 atom stereocenters. The van der Waals surface area contributed by atoms with Crippen LogP contribution in [0.3, 0.4) is 0 Å². The van der Waals surface area contributed by atoms with E-state index in [-0.39, 0.29) is 0 Å². The van der Waals surface area contributed by atoms with Gasteiger partial charge in [0.1, 0.15) is 5.75 Å². The second-order valence-electron chi connectivity index (χ2n) is 7.18. The minimum Gasteiger partial charge on any atom is -0.496 e. The van der Waals surface area contributed by atoms with Gasteiger partial charge < -0.3 is 9.30 Å². The van der Waals surface area contributed by atoms with Gasteiger partial charge in [0.25, 0.3) is 0 Å². The second-order valence-corrected chi connectivity index (χ2v) is 9.08. The Morgan fingerprint density at radius 1 is 1.07 bits per heavy atom. The number of hydrogen-bond donors (Lipinski definition) is 0. The molecule has 4 rings (SSSR count). The summed E-state index contributed by atoms with van der Waals surface area (Å²) in [4.78, 5) is 0.364. The molecule has 1 aliphatic rings. The number of hydrogen-bond acceptors (Lipinski definition) is 3. The third kappa shape index (κ3) is 2.75. The Hall–Kier alpha value is -2.31. The summed E-state index contributed by atoms with van der Waals surface area (Å²) in [6, 6.07) is 11.8. The van der Waals surface area contributed by atoms with Gasteiger partial charge in [0.2, 0.25) is 10.0 Å². The van der Waals surface area contributed by atoms with E-state index < -0.39 is 10.0 Å². The molecule has 0 fully saturated rings. The first-order valence-corrected chi connectivity index (χ1v) is 10.5. The van der Waals surface area contributed by atoms with Crippen molar-refractivity contribution >= 4 is 20.9 Å². The summed E-state index contributed by atoms with van der Waals surface area (Å²) in [6.07, 6.45) is 0.726. The van der Waals surface area contributed by atoms with Crippen LogP contribution < -0.4 is 4.74 Å². The van der Waals surface area contributed by atoms with Crippen LogP contribution in [0, 0.1) is 13.8 Å². The highest BCUT2D eigenvalue weighted by Crippen LogP contribution is 2.34. The summed E-state index contributed by atoms with van der Waals surface area (Å²) in [7, 11) is 0.0407. The molecule has 0 spiro atoms. The molecule has 1 aromatic heterocycles. The highest BCUT2D eigenvalue weighted by atomic mass is 32.2. The number of fused-ring (bicyclic) bond motifs is 3. The zero-order chi connectivity index (χ0) is 19.3. The van der Waals surface area contributed by atoms with E-state index in [0.29, 0.717) is 29.3 Å². The summed E-state index contributed by atoms with van der Waals surface area (Å²) in [6.45, 7) is 4.58. The number of methoxy groups -OCH3 is 1. The predicted octanol–water partition coefficient (Wildman–Crippen LogP) is 3.55. The maximum absolute atomic E-state index is 13.4. The SMILES string of the molecule is COc1cc(C)c(S(=O)(=O)N2CCc3c(n(C)c4ccccc34)C2)cc1C. The van der Waals surface area contributed by atoms with Crippen LogP contribution in [-0.2, 0) is 30.0 Å². The normalized spacial score (nSPS) is 15.1. The van der Waals surface area contributed by atoms with E-state index in [1.807, 2.05) is 33.0 Å². The zero-order valence-corrected chi connectivity index (χ0v) is 16.9. The fourth-order valence-corrected chi connectivity index (χ4v) is 5.79. The molecular weight excluding hydrogens is 360 g/mol. The van der Waals surface area contributed by atoms with Crippen molar-refractivity contribution in [2.24, 2.45) is 7.05 Å². The third-order valence-electron chi connectivity index (χ3n) is 5.59. The van der Waals surface area contributed by atoms with Crippen molar-refractivity contribution in [1.82, 2.24) is 8.87 Å². The third-order valence-corrected chi connectivity index (χ3v) is 7.58. The molecule has 1 aliphatic heterocycles. The number of aryl methyl sites for hydroxylation is 3. The Labute approximate surface area is 160 Å². The maximum atomic E-state index is 13.4. The topological polar surface area (TPSA) is 51.5 Å². The van der Waals surface area contributed by atoms with Gasteiger partial charge in [-0.1, -0.05) is 18.2 Å². The Kier molecular flexibility index (Phi) is 4.28. The number of ether oxygens (including phenoxy) is 1. The summed E-state index contributed by atoms with van der Waals surface area (Å²) in [5.74, 6) is 0.709. The largest absolute Gasteiger partial charge is 0.496 e. The summed E-state index contributed by atoms with van der Waals surface area (Å²) in [5, 5.41) is 1.23. The lowest BCUT2D eigenvalue weighted by molar-refractivity contribution is 0.382. The molecule has 0 bridgehead atoms. The zero-order valence-electron chi connectivity index (χ0n) is 16.1. The number of benzene rings is 2. The number of nitrogens with zero attached hydrogens (tertiary/aromatic N) is 2. The molecule has 142 valence electrons. The van der Waals surface area contributed by atoms with Crippen LogP contribution in [0.5, 0.6) is 5.75 Å². The minimum absolute atomic E-state index is 0.364. The van der Waals surface area contributed by atoms with E-state index >= 15 is 0 Å². The van der Waals surface area contributed by atoms with E-state index in [0.717, 1.165) is 23.2 Å². The number of aromatic nitrogens is 1. The second kappa shape index (κ2) is 6.39. The predicted molar refractivity (Wildman–Crippen MR) is 107 cm³/mol. The average molecular weight is 385 g/mol. The van der Waals surface area contributed by atoms with Crippen molar-refractivity contribution in [2.75, 3.05) is 13.7 Å². The Balaban J connectivity index is 1.76. The molecule has 0 radical (unpaired) electrons. The van der Waals surface area contributed by atoms with Crippen LogP contribution in [0.2, 0.25) is 0 Å². The van der Waals surface area contributed by atoms with Crippen LogP contribution in [-0.4, -0.2) is 30.9 Å².